The van der Waals surface area contributed by atoms with Gasteiger partial charge in [0.05, 0.1) is 0 Å². The van der Waals surface area contributed by atoms with Crippen molar-refractivity contribution in [3.05, 3.63) is 12.2 Å². The van der Waals surface area contributed by atoms with Crippen molar-refractivity contribution in [2.45, 2.75) is 45.4 Å². The molecule has 0 aromatic carbocycles. The Bertz CT molecular complexity index is 330. The first-order valence-corrected chi connectivity index (χ1v) is 6.85. The molecule has 3 rings (SSSR count). The van der Waals surface area contributed by atoms with Crippen LogP contribution in [0.5, 0.6) is 0 Å². The van der Waals surface area contributed by atoms with Crippen molar-refractivity contribution >= 4 is 5.78 Å². The molecule has 3 aliphatic rings. The summed E-state index contributed by atoms with van der Waals surface area (Å²) in [6.07, 6.45) is 7.94. The lowest BCUT2D eigenvalue weighted by molar-refractivity contribution is -0.117. The number of hydrogen-bond donors (Lipinski definition) is 0. The van der Waals surface area contributed by atoms with E-state index in [2.05, 4.69) is 6.58 Å². The van der Waals surface area contributed by atoms with E-state index in [1.54, 1.807) is 0 Å². The molecule has 0 aromatic rings. The van der Waals surface area contributed by atoms with Gasteiger partial charge in [0.1, 0.15) is 0 Å². The molecule has 5 atom stereocenters. The maximum absolute atomic E-state index is 11.8. The molecular formula is C15H22O. The Morgan fingerprint density at radius 3 is 2.69 bits per heavy atom. The van der Waals surface area contributed by atoms with Crippen LogP contribution in [0.3, 0.4) is 0 Å². The summed E-state index contributed by atoms with van der Waals surface area (Å²) in [4.78, 5) is 11.8. The molecule has 1 nitrogen and oxygen atoms in total. The molecule has 16 heavy (non-hydrogen) atoms. The SMILES string of the molecule is C=C(C)C(=O)CC1CC2CC1C1CCCC21. The molecule has 0 spiro atoms. The van der Waals surface area contributed by atoms with E-state index in [-0.39, 0.29) is 0 Å². The number of rotatable bonds is 3. The lowest BCUT2D eigenvalue weighted by Crippen LogP contribution is -2.26. The molecule has 0 aromatic heterocycles. The fourth-order valence-electron chi connectivity index (χ4n) is 4.86. The molecule has 0 N–H and O–H groups in total. The van der Waals surface area contributed by atoms with E-state index in [1.807, 2.05) is 6.92 Å². The topological polar surface area (TPSA) is 17.1 Å². The second-order valence-electron chi connectivity index (χ2n) is 6.32. The summed E-state index contributed by atoms with van der Waals surface area (Å²) in [6, 6.07) is 0. The van der Waals surface area contributed by atoms with Gasteiger partial charge in [0, 0.05) is 6.42 Å². The van der Waals surface area contributed by atoms with E-state index in [1.165, 1.54) is 32.1 Å². The van der Waals surface area contributed by atoms with E-state index in [0.29, 0.717) is 11.7 Å². The van der Waals surface area contributed by atoms with E-state index < -0.39 is 0 Å². The Hall–Kier alpha value is -0.590. The number of fused-ring (bicyclic) bond motifs is 5. The maximum atomic E-state index is 11.8. The lowest BCUT2D eigenvalue weighted by atomic mass is 9.74. The van der Waals surface area contributed by atoms with Gasteiger partial charge in [-0.3, -0.25) is 4.79 Å². The highest BCUT2D eigenvalue weighted by Crippen LogP contribution is 2.61. The minimum absolute atomic E-state index is 0.312. The van der Waals surface area contributed by atoms with Crippen LogP contribution in [0.15, 0.2) is 12.2 Å². The molecule has 3 saturated carbocycles. The highest BCUT2D eigenvalue weighted by Gasteiger charge is 2.53. The van der Waals surface area contributed by atoms with E-state index >= 15 is 0 Å². The summed E-state index contributed by atoms with van der Waals surface area (Å²) in [5.41, 5.74) is 0.755. The molecule has 0 radical (unpaired) electrons. The first kappa shape index (κ1) is 10.6. The minimum atomic E-state index is 0.312. The van der Waals surface area contributed by atoms with Crippen LogP contribution in [0.4, 0.5) is 0 Å². The molecule has 3 aliphatic carbocycles. The smallest absolute Gasteiger partial charge is 0.158 e. The van der Waals surface area contributed by atoms with Crippen LogP contribution in [0.2, 0.25) is 0 Å². The summed E-state index contributed by atoms with van der Waals surface area (Å²) in [5.74, 6) is 4.91. The van der Waals surface area contributed by atoms with Gasteiger partial charge in [0.15, 0.2) is 5.78 Å². The standard InChI is InChI=1S/C15H22O/c1-9(2)15(16)8-11-6-10-7-14(11)13-5-3-4-12(10)13/h10-14H,1,3-8H2,2H3. The minimum Gasteiger partial charge on any atom is -0.295 e. The molecule has 3 fully saturated rings. The van der Waals surface area contributed by atoms with Gasteiger partial charge >= 0.3 is 0 Å². The van der Waals surface area contributed by atoms with Gasteiger partial charge in [0.2, 0.25) is 0 Å². The zero-order valence-electron chi connectivity index (χ0n) is 10.2. The number of ketones is 1. The van der Waals surface area contributed by atoms with Crippen LogP contribution in [0.25, 0.3) is 0 Å². The monoisotopic (exact) mass is 218 g/mol. The van der Waals surface area contributed by atoms with Crippen LogP contribution in [-0.4, -0.2) is 5.78 Å². The van der Waals surface area contributed by atoms with Crippen LogP contribution in [-0.2, 0) is 4.79 Å². The Balaban J connectivity index is 1.68. The van der Waals surface area contributed by atoms with Gasteiger partial charge in [-0.15, -0.1) is 0 Å². The fraction of sp³-hybridized carbons (Fsp3) is 0.800. The third-order valence-corrected chi connectivity index (χ3v) is 5.49. The number of allylic oxidation sites excluding steroid dienone is 1. The summed E-state index contributed by atoms with van der Waals surface area (Å²) in [7, 11) is 0. The predicted molar refractivity (Wildman–Crippen MR) is 65.0 cm³/mol. The number of carbonyl (C=O) groups excluding carboxylic acids is 1. The second-order valence-corrected chi connectivity index (χ2v) is 6.32. The van der Waals surface area contributed by atoms with Gasteiger partial charge in [-0.1, -0.05) is 13.0 Å². The van der Waals surface area contributed by atoms with Crippen LogP contribution >= 0.6 is 0 Å². The lowest BCUT2D eigenvalue weighted by Gasteiger charge is -2.31. The Labute approximate surface area is 98.3 Å². The average Bonchev–Trinajstić information content (AvgIpc) is 2.87. The van der Waals surface area contributed by atoms with E-state index in [9.17, 15) is 4.79 Å². The number of Topliss-reactive ketones (excluding diaryl/α,β-unsaturated/α-hetero) is 1. The first-order chi connectivity index (χ1) is 7.66. The zero-order chi connectivity index (χ0) is 11.3. The Morgan fingerprint density at radius 2 is 1.94 bits per heavy atom. The third kappa shape index (κ3) is 1.48. The third-order valence-electron chi connectivity index (χ3n) is 5.49. The molecule has 0 heterocycles. The normalized spacial score (nSPS) is 44.7. The first-order valence-electron chi connectivity index (χ1n) is 6.85. The molecule has 2 bridgehead atoms. The van der Waals surface area contributed by atoms with Crippen molar-refractivity contribution in [2.75, 3.05) is 0 Å². The number of hydrogen-bond acceptors (Lipinski definition) is 1. The quantitative estimate of drug-likeness (QED) is 0.662. The van der Waals surface area contributed by atoms with Crippen molar-refractivity contribution < 1.29 is 4.79 Å². The van der Waals surface area contributed by atoms with Crippen molar-refractivity contribution in [1.82, 2.24) is 0 Å². The molecule has 0 amide bonds. The molecule has 5 unspecified atom stereocenters. The highest BCUT2D eigenvalue weighted by molar-refractivity contribution is 5.94. The van der Waals surface area contributed by atoms with Crippen molar-refractivity contribution in [3.63, 3.8) is 0 Å². The van der Waals surface area contributed by atoms with Crippen LogP contribution in [0, 0.1) is 29.6 Å². The van der Waals surface area contributed by atoms with Gasteiger partial charge < -0.3 is 0 Å². The average molecular weight is 218 g/mol. The van der Waals surface area contributed by atoms with Crippen molar-refractivity contribution in [3.8, 4) is 0 Å². The summed E-state index contributed by atoms with van der Waals surface area (Å²) >= 11 is 0. The van der Waals surface area contributed by atoms with Gasteiger partial charge in [-0.05, 0) is 67.8 Å². The summed E-state index contributed by atoms with van der Waals surface area (Å²) < 4.78 is 0. The maximum Gasteiger partial charge on any atom is 0.158 e. The summed E-state index contributed by atoms with van der Waals surface area (Å²) in [6.45, 7) is 5.63. The van der Waals surface area contributed by atoms with Crippen LogP contribution < -0.4 is 0 Å². The Morgan fingerprint density at radius 1 is 1.19 bits per heavy atom. The zero-order valence-corrected chi connectivity index (χ0v) is 10.2. The van der Waals surface area contributed by atoms with Gasteiger partial charge in [-0.25, -0.2) is 0 Å². The molecular weight excluding hydrogens is 196 g/mol. The summed E-state index contributed by atoms with van der Waals surface area (Å²) in [5, 5.41) is 0. The van der Waals surface area contributed by atoms with Gasteiger partial charge in [0.25, 0.3) is 0 Å². The van der Waals surface area contributed by atoms with Crippen LogP contribution in [0.1, 0.15) is 45.4 Å². The molecule has 0 aliphatic heterocycles. The largest absolute Gasteiger partial charge is 0.295 e. The van der Waals surface area contributed by atoms with E-state index in [0.717, 1.165) is 35.7 Å². The number of carbonyl (C=O) groups is 1. The highest BCUT2D eigenvalue weighted by atomic mass is 16.1. The van der Waals surface area contributed by atoms with Gasteiger partial charge in [-0.2, -0.15) is 0 Å². The van der Waals surface area contributed by atoms with E-state index in [4.69, 9.17) is 0 Å². The second kappa shape index (κ2) is 3.72. The predicted octanol–water partition coefficient (Wildman–Crippen LogP) is 3.59. The molecule has 0 saturated heterocycles. The molecule has 1 heteroatoms. The van der Waals surface area contributed by atoms with Crippen molar-refractivity contribution in [1.29, 1.82) is 0 Å². The molecule has 88 valence electrons. The van der Waals surface area contributed by atoms with Crippen molar-refractivity contribution in [2.24, 2.45) is 29.6 Å². The fourth-order valence-corrected chi connectivity index (χ4v) is 4.86. The Kier molecular flexibility index (Phi) is 2.45.